The minimum atomic E-state index is -0.594. The smallest absolute Gasteiger partial charge is 0.320 e. The lowest BCUT2D eigenvalue weighted by Gasteiger charge is -2.12. The molecular weight excluding hydrogens is 280 g/mol. The first-order valence-corrected chi connectivity index (χ1v) is 6.94. The van der Waals surface area contributed by atoms with Crippen LogP contribution in [0, 0.1) is 0 Å². The first kappa shape index (κ1) is 14.2. The quantitative estimate of drug-likeness (QED) is 0.688. The van der Waals surface area contributed by atoms with E-state index in [0.717, 1.165) is 10.9 Å². The topological polar surface area (TPSA) is 48.7 Å². The van der Waals surface area contributed by atoms with Crippen molar-refractivity contribution in [2.24, 2.45) is 0 Å². The van der Waals surface area contributed by atoms with E-state index in [1.54, 1.807) is 7.11 Å². The third-order valence-corrected chi connectivity index (χ3v) is 3.60. The molecule has 1 aromatic heterocycles. The number of rotatable bonds is 4. The fourth-order valence-corrected chi connectivity index (χ4v) is 2.54. The van der Waals surface area contributed by atoms with Crippen LogP contribution in [0.4, 0.5) is 0 Å². The van der Waals surface area contributed by atoms with Crippen molar-refractivity contribution < 1.29 is 18.7 Å². The minimum absolute atomic E-state index is 0.357. The number of ether oxygens (including phenoxy) is 2. The summed E-state index contributed by atoms with van der Waals surface area (Å²) in [5, 5.41) is 0.888. The molecule has 0 bridgehead atoms. The molecule has 1 heterocycles. The van der Waals surface area contributed by atoms with Gasteiger partial charge >= 0.3 is 5.97 Å². The normalized spacial score (nSPS) is 12.1. The van der Waals surface area contributed by atoms with Gasteiger partial charge in [0.25, 0.3) is 0 Å². The van der Waals surface area contributed by atoms with Gasteiger partial charge in [-0.15, -0.1) is 0 Å². The summed E-state index contributed by atoms with van der Waals surface area (Å²) in [6.07, 6.45) is 0. The Morgan fingerprint density at radius 1 is 1.05 bits per heavy atom. The van der Waals surface area contributed by atoms with E-state index in [0.29, 0.717) is 17.1 Å². The summed E-state index contributed by atoms with van der Waals surface area (Å²) >= 11 is 0. The van der Waals surface area contributed by atoms with Crippen LogP contribution in [0.5, 0.6) is 5.75 Å². The third kappa shape index (κ3) is 2.44. The fraction of sp³-hybridized carbons (Fsp3) is 0.167. The van der Waals surface area contributed by atoms with Gasteiger partial charge in [0.15, 0.2) is 11.3 Å². The van der Waals surface area contributed by atoms with Crippen LogP contribution in [0.15, 0.2) is 59.0 Å². The average Bonchev–Trinajstić information content (AvgIpc) is 2.99. The van der Waals surface area contributed by atoms with Crippen molar-refractivity contribution in [3.63, 3.8) is 0 Å². The zero-order valence-corrected chi connectivity index (χ0v) is 12.4. The number of benzene rings is 2. The first-order chi connectivity index (χ1) is 10.7. The Kier molecular flexibility index (Phi) is 3.83. The van der Waals surface area contributed by atoms with E-state index in [4.69, 9.17) is 13.9 Å². The predicted octanol–water partition coefficient (Wildman–Crippen LogP) is 3.75. The summed E-state index contributed by atoms with van der Waals surface area (Å²) < 4.78 is 16.2. The molecule has 0 radical (unpaired) electrons. The number of fused-ring (bicyclic) bond motifs is 1. The van der Waals surface area contributed by atoms with Gasteiger partial charge < -0.3 is 13.9 Å². The number of esters is 1. The lowest BCUT2D eigenvalue weighted by Crippen LogP contribution is -2.14. The largest absolute Gasteiger partial charge is 0.493 e. The second kappa shape index (κ2) is 5.93. The summed E-state index contributed by atoms with van der Waals surface area (Å²) in [6.45, 7) is 0. The molecule has 0 aliphatic rings. The van der Waals surface area contributed by atoms with E-state index in [-0.39, 0.29) is 5.97 Å². The van der Waals surface area contributed by atoms with E-state index in [1.807, 2.05) is 54.6 Å². The molecule has 2 aromatic carbocycles. The molecule has 0 fully saturated rings. The summed E-state index contributed by atoms with van der Waals surface area (Å²) in [5.74, 6) is 0.227. The number of para-hydroxylation sites is 1. The Balaban J connectivity index is 2.14. The summed E-state index contributed by atoms with van der Waals surface area (Å²) in [5.41, 5.74) is 1.46. The molecule has 0 saturated heterocycles. The van der Waals surface area contributed by atoms with E-state index >= 15 is 0 Å². The number of methoxy groups -OCH3 is 2. The Morgan fingerprint density at radius 3 is 2.50 bits per heavy atom. The van der Waals surface area contributed by atoms with Crippen LogP contribution in [-0.2, 0) is 9.53 Å². The Morgan fingerprint density at radius 2 is 1.82 bits per heavy atom. The van der Waals surface area contributed by atoms with Gasteiger partial charge in [-0.2, -0.15) is 0 Å². The monoisotopic (exact) mass is 296 g/mol. The Bertz CT molecular complexity index is 789. The van der Waals surface area contributed by atoms with Gasteiger partial charge in [0.1, 0.15) is 11.7 Å². The molecular formula is C18H16O4. The maximum Gasteiger partial charge on any atom is 0.320 e. The van der Waals surface area contributed by atoms with Gasteiger partial charge in [0, 0.05) is 5.39 Å². The van der Waals surface area contributed by atoms with Crippen LogP contribution in [0.25, 0.3) is 11.0 Å². The number of hydrogen-bond acceptors (Lipinski definition) is 4. The van der Waals surface area contributed by atoms with Gasteiger partial charge in [-0.3, -0.25) is 4.79 Å². The van der Waals surface area contributed by atoms with Gasteiger partial charge in [0.05, 0.1) is 14.2 Å². The van der Waals surface area contributed by atoms with Crippen molar-refractivity contribution in [2.75, 3.05) is 14.2 Å². The maximum absolute atomic E-state index is 12.2. The second-order valence-corrected chi connectivity index (χ2v) is 4.89. The van der Waals surface area contributed by atoms with Gasteiger partial charge in [-0.25, -0.2) is 0 Å². The van der Waals surface area contributed by atoms with Crippen molar-refractivity contribution >= 4 is 16.9 Å². The lowest BCUT2D eigenvalue weighted by atomic mass is 9.96. The van der Waals surface area contributed by atoms with Gasteiger partial charge in [-0.05, 0) is 17.7 Å². The molecule has 0 spiro atoms. The molecule has 1 unspecified atom stereocenters. The molecule has 4 heteroatoms. The molecule has 22 heavy (non-hydrogen) atoms. The zero-order valence-electron chi connectivity index (χ0n) is 12.4. The standard InChI is InChI=1S/C18H16O4/c1-20-14-10-6-9-13-11-15(22-17(13)14)16(18(19)21-2)12-7-4-3-5-8-12/h3-11,16H,1-2H3. The van der Waals surface area contributed by atoms with Crippen molar-refractivity contribution in [1.29, 1.82) is 0 Å². The van der Waals surface area contributed by atoms with Crippen molar-refractivity contribution in [2.45, 2.75) is 5.92 Å². The molecule has 3 rings (SSSR count). The molecule has 112 valence electrons. The first-order valence-electron chi connectivity index (χ1n) is 6.94. The highest BCUT2D eigenvalue weighted by atomic mass is 16.5. The van der Waals surface area contributed by atoms with E-state index in [2.05, 4.69) is 0 Å². The number of carbonyl (C=O) groups excluding carboxylic acids is 1. The predicted molar refractivity (Wildman–Crippen MR) is 83.1 cm³/mol. The van der Waals surface area contributed by atoms with E-state index in [1.165, 1.54) is 7.11 Å². The van der Waals surface area contributed by atoms with Crippen LogP contribution >= 0.6 is 0 Å². The molecule has 4 nitrogen and oxygen atoms in total. The Hall–Kier alpha value is -2.75. The van der Waals surface area contributed by atoms with E-state index < -0.39 is 5.92 Å². The van der Waals surface area contributed by atoms with Crippen LogP contribution in [0.3, 0.4) is 0 Å². The van der Waals surface area contributed by atoms with Gasteiger partial charge in [0.2, 0.25) is 0 Å². The summed E-state index contributed by atoms with van der Waals surface area (Å²) in [6, 6.07) is 16.9. The highest BCUT2D eigenvalue weighted by molar-refractivity contribution is 5.87. The van der Waals surface area contributed by atoms with Crippen molar-refractivity contribution in [3.05, 3.63) is 65.9 Å². The number of furan rings is 1. The molecule has 0 saturated carbocycles. The van der Waals surface area contributed by atoms with Crippen molar-refractivity contribution in [1.82, 2.24) is 0 Å². The van der Waals surface area contributed by atoms with Crippen LogP contribution in [0.2, 0.25) is 0 Å². The SMILES string of the molecule is COC(=O)C(c1ccccc1)c1cc2cccc(OC)c2o1. The average molecular weight is 296 g/mol. The fourth-order valence-electron chi connectivity index (χ4n) is 2.54. The summed E-state index contributed by atoms with van der Waals surface area (Å²) in [7, 11) is 2.97. The van der Waals surface area contributed by atoms with E-state index in [9.17, 15) is 4.79 Å². The molecule has 0 aliphatic heterocycles. The zero-order chi connectivity index (χ0) is 15.5. The minimum Gasteiger partial charge on any atom is -0.493 e. The maximum atomic E-state index is 12.2. The third-order valence-electron chi connectivity index (χ3n) is 3.60. The molecule has 0 amide bonds. The highest BCUT2D eigenvalue weighted by Gasteiger charge is 2.27. The van der Waals surface area contributed by atoms with Crippen LogP contribution in [-0.4, -0.2) is 20.2 Å². The number of hydrogen-bond donors (Lipinski definition) is 0. The van der Waals surface area contributed by atoms with Gasteiger partial charge in [-0.1, -0.05) is 42.5 Å². The van der Waals surface area contributed by atoms with Crippen molar-refractivity contribution in [3.8, 4) is 5.75 Å². The second-order valence-electron chi connectivity index (χ2n) is 4.89. The van der Waals surface area contributed by atoms with Crippen LogP contribution in [0.1, 0.15) is 17.2 Å². The van der Waals surface area contributed by atoms with Crippen LogP contribution < -0.4 is 4.74 Å². The summed E-state index contributed by atoms with van der Waals surface area (Å²) in [4.78, 5) is 12.2. The number of carbonyl (C=O) groups is 1. The molecule has 0 N–H and O–H groups in total. The Labute approximate surface area is 128 Å². The lowest BCUT2D eigenvalue weighted by molar-refractivity contribution is -0.141. The molecule has 3 aromatic rings. The highest BCUT2D eigenvalue weighted by Crippen LogP contribution is 2.34. The molecule has 1 atom stereocenters. The molecule has 0 aliphatic carbocycles.